The van der Waals surface area contributed by atoms with E-state index < -0.39 is 23.8 Å². The highest BCUT2D eigenvalue weighted by atomic mass is 32.1. The van der Waals surface area contributed by atoms with Gasteiger partial charge in [-0.3, -0.25) is 14.4 Å². The number of carbonyl (C=O) groups is 3. The molecule has 2 N–H and O–H groups in total. The summed E-state index contributed by atoms with van der Waals surface area (Å²) in [5, 5.41) is 18.2. The Kier molecular flexibility index (Phi) is 4.03. The minimum Gasteiger partial charge on any atom is -0.481 e. The molecule has 0 radical (unpaired) electrons. The second-order valence-corrected chi connectivity index (χ2v) is 5.55. The van der Waals surface area contributed by atoms with E-state index in [0.29, 0.717) is 10.6 Å². The maximum absolute atomic E-state index is 12.3. The molecule has 108 valence electrons. The Labute approximate surface area is 118 Å². The van der Waals surface area contributed by atoms with Crippen LogP contribution in [0.15, 0.2) is 5.51 Å². The summed E-state index contributed by atoms with van der Waals surface area (Å²) >= 11 is 1.20. The van der Waals surface area contributed by atoms with E-state index in [9.17, 15) is 14.4 Å². The first-order chi connectivity index (χ1) is 9.41. The van der Waals surface area contributed by atoms with Crippen molar-refractivity contribution in [3.63, 3.8) is 0 Å². The van der Waals surface area contributed by atoms with Gasteiger partial charge in [0.1, 0.15) is 4.88 Å². The number of aryl methyl sites for hydroxylation is 1. The van der Waals surface area contributed by atoms with Crippen molar-refractivity contribution in [1.82, 2.24) is 9.88 Å². The van der Waals surface area contributed by atoms with Crippen molar-refractivity contribution < 1.29 is 24.6 Å². The fourth-order valence-corrected chi connectivity index (χ4v) is 3.10. The number of rotatable bonds is 3. The molecule has 0 aliphatic carbocycles. The molecule has 1 aromatic rings. The summed E-state index contributed by atoms with van der Waals surface area (Å²) in [5.74, 6) is -4.60. The molecule has 0 saturated carbocycles. The number of aromatic nitrogens is 1. The lowest BCUT2D eigenvalue weighted by Crippen LogP contribution is -2.48. The molecule has 1 saturated heterocycles. The lowest BCUT2D eigenvalue weighted by molar-refractivity contribution is -0.156. The Bertz CT molecular complexity index is 556. The summed E-state index contributed by atoms with van der Waals surface area (Å²) in [6, 6.07) is 0. The van der Waals surface area contributed by atoms with E-state index in [1.54, 1.807) is 12.4 Å². The van der Waals surface area contributed by atoms with Gasteiger partial charge in [-0.1, -0.05) is 0 Å². The maximum atomic E-state index is 12.3. The van der Waals surface area contributed by atoms with Gasteiger partial charge in [-0.05, 0) is 13.3 Å². The summed E-state index contributed by atoms with van der Waals surface area (Å²) in [7, 11) is 0. The van der Waals surface area contributed by atoms with Crippen molar-refractivity contribution >= 4 is 29.2 Å². The molecule has 2 heterocycles. The van der Waals surface area contributed by atoms with E-state index in [4.69, 9.17) is 10.2 Å². The topological polar surface area (TPSA) is 108 Å². The maximum Gasteiger partial charge on any atom is 0.309 e. The Morgan fingerprint density at radius 3 is 2.45 bits per heavy atom. The van der Waals surface area contributed by atoms with Crippen LogP contribution in [0.4, 0.5) is 0 Å². The smallest absolute Gasteiger partial charge is 0.309 e. The van der Waals surface area contributed by atoms with Crippen molar-refractivity contribution in [2.45, 2.75) is 13.3 Å². The first kappa shape index (κ1) is 14.4. The van der Waals surface area contributed by atoms with Gasteiger partial charge in [-0.25, -0.2) is 4.98 Å². The van der Waals surface area contributed by atoms with Crippen LogP contribution in [0.25, 0.3) is 0 Å². The Morgan fingerprint density at radius 1 is 1.30 bits per heavy atom. The molecule has 2 rings (SSSR count). The zero-order valence-electron chi connectivity index (χ0n) is 10.8. The number of carboxylic acids is 2. The number of hydrogen-bond donors (Lipinski definition) is 2. The normalized spacial score (nSPS) is 22.6. The van der Waals surface area contributed by atoms with E-state index in [1.165, 1.54) is 16.2 Å². The number of nitrogens with zero attached hydrogens (tertiary/aromatic N) is 2. The van der Waals surface area contributed by atoms with E-state index >= 15 is 0 Å². The molecular formula is C12H14N2O5S. The number of aliphatic carboxylic acids is 2. The molecule has 0 aromatic carbocycles. The predicted octanol–water partition coefficient (Wildman–Crippen LogP) is 0.699. The molecule has 2 atom stereocenters. The van der Waals surface area contributed by atoms with Gasteiger partial charge in [0.2, 0.25) is 0 Å². The summed E-state index contributed by atoms with van der Waals surface area (Å²) in [6.07, 6.45) is 0.149. The van der Waals surface area contributed by atoms with Gasteiger partial charge < -0.3 is 15.1 Å². The third kappa shape index (κ3) is 2.64. The summed E-state index contributed by atoms with van der Waals surface area (Å²) in [6.45, 7) is 1.88. The zero-order valence-corrected chi connectivity index (χ0v) is 11.6. The van der Waals surface area contributed by atoms with Crippen molar-refractivity contribution in [1.29, 1.82) is 0 Å². The van der Waals surface area contributed by atoms with Gasteiger partial charge in [-0.2, -0.15) is 0 Å². The number of amides is 1. The van der Waals surface area contributed by atoms with Crippen LogP contribution >= 0.6 is 11.3 Å². The van der Waals surface area contributed by atoms with Crippen LogP contribution in [0.1, 0.15) is 21.8 Å². The molecule has 1 aromatic heterocycles. The highest BCUT2D eigenvalue weighted by Crippen LogP contribution is 2.26. The van der Waals surface area contributed by atoms with Gasteiger partial charge in [0.05, 0.1) is 23.0 Å². The van der Waals surface area contributed by atoms with Crippen LogP contribution in [0.2, 0.25) is 0 Å². The number of likely N-dealkylation sites (tertiary alicyclic amines) is 1. The van der Waals surface area contributed by atoms with E-state index in [1.807, 2.05) is 0 Å². The van der Waals surface area contributed by atoms with Crippen LogP contribution in [-0.4, -0.2) is 51.0 Å². The van der Waals surface area contributed by atoms with Gasteiger partial charge >= 0.3 is 11.9 Å². The summed E-state index contributed by atoms with van der Waals surface area (Å²) in [4.78, 5) is 40.4. The largest absolute Gasteiger partial charge is 0.481 e. The van der Waals surface area contributed by atoms with Gasteiger partial charge in [0.25, 0.3) is 5.91 Å². The van der Waals surface area contributed by atoms with Crippen LogP contribution in [-0.2, 0) is 9.59 Å². The second kappa shape index (κ2) is 5.58. The first-order valence-corrected chi connectivity index (χ1v) is 6.94. The van der Waals surface area contributed by atoms with Crippen molar-refractivity contribution in [3.8, 4) is 0 Å². The molecule has 1 aliphatic rings. The fourth-order valence-electron chi connectivity index (χ4n) is 2.33. The van der Waals surface area contributed by atoms with Crippen LogP contribution in [0, 0.1) is 18.8 Å². The van der Waals surface area contributed by atoms with E-state index in [2.05, 4.69) is 4.98 Å². The molecule has 20 heavy (non-hydrogen) atoms. The average molecular weight is 298 g/mol. The third-order valence-corrected chi connectivity index (χ3v) is 4.39. The highest BCUT2D eigenvalue weighted by molar-refractivity contribution is 7.11. The molecule has 8 heteroatoms. The van der Waals surface area contributed by atoms with Gasteiger partial charge in [0.15, 0.2) is 0 Å². The minimum absolute atomic E-state index is 0.0809. The number of thiazole rings is 1. The lowest BCUT2D eigenvalue weighted by atomic mass is 9.85. The molecule has 1 fully saturated rings. The highest BCUT2D eigenvalue weighted by Gasteiger charge is 2.40. The second-order valence-electron chi connectivity index (χ2n) is 4.70. The quantitative estimate of drug-likeness (QED) is 0.850. The van der Waals surface area contributed by atoms with Gasteiger partial charge in [-0.15, -0.1) is 11.3 Å². The van der Waals surface area contributed by atoms with Crippen LogP contribution in [0.3, 0.4) is 0 Å². The van der Waals surface area contributed by atoms with E-state index in [0.717, 1.165) is 0 Å². The Balaban J connectivity index is 2.17. The number of hydrogen-bond acceptors (Lipinski definition) is 5. The van der Waals surface area contributed by atoms with Crippen molar-refractivity contribution in [2.24, 2.45) is 11.8 Å². The Hall–Kier alpha value is -1.96. The van der Waals surface area contributed by atoms with Crippen molar-refractivity contribution in [3.05, 3.63) is 16.1 Å². The standard InChI is InChI=1S/C12H14N2O5S/c1-6-9(20-5-13-6)10(15)14-3-2-7(11(16)17)8(4-14)12(18)19/h5,7-8H,2-4H2,1H3,(H,16,17)(H,18,19). The lowest BCUT2D eigenvalue weighted by Gasteiger charge is -2.34. The number of carbonyl (C=O) groups excluding carboxylic acids is 1. The molecule has 7 nitrogen and oxygen atoms in total. The number of carboxylic acid groups (broad SMARTS) is 2. The molecule has 0 spiro atoms. The minimum atomic E-state index is -1.18. The van der Waals surface area contributed by atoms with E-state index in [-0.39, 0.29) is 25.4 Å². The monoisotopic (exact) mass is 298 g/mol. The molecule has 1 amide bonds. The summed E-state index contributed by atoms with van der Waals surface area (Å²) < 4.78 is 0. The third-order valence-electron chi connectivity index (χ3n) is 3.47. The van der Waals surface area contributed by atoms with Crippen molar-refractivity contribution in [2.75, 3.05) is 13.1 Å². The first-order valence-electron chi connectivity index (χ1n) is 6.06. The average Bonchev–Trinajstić information content (AvgIpc) is 2.83. The number of piperidine rings is 1. The van der Waals surface area contributed by atoms with Crippen LogP contribution in [0.5, 0.6) is 0 Å². The SMILES string of the molecule is Cc1ncsc1C(=O)N1CCC(C(=O)O)C(C(=O)O)C1. The Morgan fingerprint density at radius 2 is 1.95 bits per heavy atom. The molecule has 0 bridgehead atoms. The predicted molar refractivity (Wildman–Crippen MR) is 69.6 cm³/mol. The molecule has 1 aliphatic heterocycles. The zero-order chi connectivity index (χ0) is 14.9. The van der Waals surface area contributed by atoms with Crippen LogP contribution < -0.4 is 0 Å². The fraction of sp³-hybridized carbons (Fsp3) is 0.500. The molecular weight excluding hydrogens is 284 g/mol. The van der Waals surface area contributed by atoms with Gasteiger partial charge in [0, 0.05) is 13.1 Å². The summed E-state index contributed by atoms with van der Waals surface area (Å²) in [5.41, 5.74) is 2.16. The molecule has 2 unspecified atom stereocenters.